The van der Waals surface area contributed by atoms with E-state index in [1.54, 1.807) is 12.1 Å². The van der Waals surface area contributed by atoms with Gasteiger partial charge in [0.05, 0.1) is 19.7 Å². The first-order valence-corrected chi connectivity index (χ1v) is 7.67. The van der Waals surface area contributed by atoms with E-state index in [2.05, 4.69) is 15.3 Å². The molecule has 2 aliphatic heterocycles. The molecule has 3 heterocycles. The van der Waals surface area contributed by atoms with Crippen molar-refractivity contribution >= 4 is 34.5 Å². The maximum atomic E-state index is 12.8. The number of methoxy groups -OCH3 is 1. The van der Waals surface area contributed by atoms with E-state index in [1.165, 1.54) is 25.6 Å². The van der Waals surface area contributed by atoms with Crippen molar-refractivity contribution in [3.63, 3.8) is 0 Å². The highest BCUT2D eigenvalue weighted by molar-refractivity contribution is 6.06. The molecule has 9 nitrogen and oxygen atoms in total. The van der Waals surface area contributed by atoms with Crippen LogP contribution in [-0.4, -0.2) is 42.7 Å². The minimum Gasteiger partial charge on any atom is -0.481 e. The van der Waals surface area contributed by atoms with E-state index in [9.17, 15) is 4.79 Å². The molecule has 25 heavy (non-hydrogen) atoms. The molecule has 130 valence electrons. The largest absolute Gasteiger partial charge is 0.481 e. The Balaban J connectivity index is 1.94. The predicted molar refractivity (Wildman–Crippen MR) is 93.5 cm³/mol. The van der Waals surface area contributed by atoms with E-state index in [0.29, 0.717) is 29.4 Å². The number of rotatable bonds is 2. The Labute approximate surface area is 143 Å². The zero-order valence-corrected chi connectivity index (χ0v) is 13.8. The molecule has 4 rings (SSSR count). The van der Waals surface area contributed by atoms with Crippen molar-refractivity contribution in [3.05, 3.63) is 34.8 Å². The number of aromatic nitrogens is 1. The highest BCUT2D eigenvalue weighted by atomic mass is 16.7. The van der Waals surface area contributed by atoms with Gasteiger partial charge in [0.2, 0.25) is 5.88 Å². The Kier molecular flexibility index (Phi) is 3.32. The lowest BCUT2D eigenvalue weighted by atomic mass is 10.00. The molecule has 0 saturated heterocycles. The average molecular weight is 342 g/mol. The Morgan fingerprint density at radius 2 is 2.12 bits per heavy atom. The van der Waals surface area contributed by atoms with E-state index in [-0.39, 0.29) is 5.91 Å². The second-order valence-electron chi connectivity index (χ2n) is 5.89. The van der Waals surface area contributed by atoms with Gasteiger partial charge in [0.1, 0.15) is 12.0 Å². The SMILES string of the molecule is COC1=C2Cc3c([nH]c4cc(N)cc(N)c34)C(=O)NC2N(OC)C=N1. The van der Waals surface area contributed by atoms with Crippen LogP contribution in [-0.2, 0) is 16.0 Å². The number of benzene rings is 1. The van der Waals surface area contributed by atoms with Crippen LogP contribution in [0.5, 0.6) is 0 Å². The first kappa shape index (κ1) is 15.3. The lowest BCUT2D eigenvalue weighted by molar-refractivity contribution is -0.0915. The van der Waals surface area contributed by atoms with Gasteiger partial charge in [0.15, 0.2) is 6.17 Å². The third kappa shape index (κ3) is 2.20. The molecule has 0 spiro atoms. The molecule has 0 bridgehead atoms. The van der Waals surface area contributed by atoms with Crippen molar-refractivity contribution in [2.45, 2.75) is 12.6 Å². The van der Waals surface area contributed by atoms with Gasteiger partial charge in [0.25, 0.3) is 5.91 Å². The molecular formula is C16H18N6O3. The fraction of sp³-hybridized carbons (Fsp3) is 0.250. The van der Waals surface area contributed by atoms with Crippen molar-refractivity contribution in [1.82, 2.24) is 15.4 Å². The number of aliphatic imine (C=N–C) groups is 1. The Bertz CT molecular complexity index is 945. The smallest absolute Gasteiger partial charge is 0.269 e. The summed E-state index contributed by atoms with van der Waals surface area (Å²) >= 11 is 0. The Morgan fingerprint density at radius 3 is 2.84 bits per heavy atom. The van der Waals surface area contributed by atoms with E-state index in [1.807, 2.05) is 0 Å². The van der Waals surface area contributed by atoms with Crippen molar-refractivity contribution in [3.8, 4) is 0 Å². The summed E-state index contributed by atoms with van der Waals surface area (Å²) in [6.45, 7) is 0. The molecule has 6 N–H and O–H groups in total. The Morgan fingerprint density at radius 1 is 1.32 bits per heavy atom. The third-order valence-electron chi connectivity index (χ3n) is 4.47. The fourth-order valence-corrected chi connectivity index (χ4v) is 3.40. The number of H-pyrrole nitrogens is 1. The zero-order valence-electron chi connectivity index (χ0n) is 13.8. The maximum Gasteiger partial charge on any atom is 0.269 e. The highest BCUT2D eigenvalue weighted by Crippen LogP contribution is 2.35. The molecule has 0 radical (unpaired) electrons. The van der Waals surface area contributed by atoms with E-state index < -0.39 is 6.17 Å². The van der Waals surface area contributed by atoms with Crippen LogP contribution >= 0.6 is 0 Å². The van der Waals surface area contributed by atoms with Gasteiger partial charge in [-0.1, -0.05) is 0 Å². The number of ether oxygens (including phenoxy) is 1. The number of fused-ring (bicyclic) bond motifs is 4. The van der Waals surface area contributed by atoms with Gasteiger partial charge in [-0.25, -0.2) is 10.1 Å². The summed E-state index contributed by atoms with van der Waals surface area (Å²) in [5, 5.41) is 5.17. The summed E-state index contributed by atoms with van der Waals surface area (Å²) in [6, 6.07) is 3.44. The maximum absolute atomic E-state index is 12.8. The minimum absolute atomic E-state index is 0.267. The van der Waals surface area contributed by atoms with Crippen molar-refractivity contribution < 1.29 is 14.4 Å². The van der Waals surface area contributed by atoms with Crippen LogP contribution in [0.1, 0.15) is 16.1 Å². The number of anilines is 2. The molecule has 2 aromatic rings. The second-order valence-corrected chi connectivity index (χ2v) is 5.89. The number of aromatic amines is 1. The van der Waals surface area contributed by atoms with Crippen LogP contribution in [0.2, 0.25) is 0 Å². The summed E-state index contributed by atoms with van der Waals surface area (Å²) in [5.41, 5.74) is 15.8. The number of nitrogens with one attached hydrogen (secondary N) is 2. The van der Waals surface area contributed by atoms with Crippen molar-refractivity contribution in [2.24, 2.45) is 4.99 Å². The first-order valence-electron chi connectivity index (χ1n) is 7.67. The number of carbonyl (C=O) groups excluding carboxylic acids is 1. The molecule has 1 amide bonds. The topological polar surface area (TPSA) is 131 Å². The number of hydrogen-bond acceptors (Lipinski definition) is 7. The molecule has 1 atom stereocenters. The van der Waals surface area contributed by atoms with Crippen LogP contribution in [0.3, 0.4) is 0 Å². The van der Waals surface area contributed by atoms with E-state index in [4.69, 9.17) is 21.0 Å². The monoisotopic (exact) mass is 342 g/mol. The lowest BCUT2D eigenvalue weighted by Crippen LogP contribution is -2.49. The number of nitrogen functional groups attached to an aromatic ring is 2. The van der Waals surface area contributed by atoms with Gasteiger partial charge in [-0.2, -0.15) is 0 Å². The van der Waals surface area contributed by atoms with Gasteiger partial charge in [0, 0.05) is 28.8 Å². The molecule has 1 unspecified atom stereocenters. The van der Waals surface area contributed by atoms with E-state index in [0.717, 1.165) is 22.0 Å². The van der Waals surface area contributed by atoms with Gasteiger partial charge in [-0.05, 0) is 17.7 Å². The average Bonchev–Trinajstić information content (AvgIpc) is 2.87. The highest BCUT2D eigenvalue weighted by Gasteiger charge is 2.36. The summed E-state index contributed by atoms with van der Waals surface area (Å²) < 4.78 is 5.38. The van der Waals surface area contributed by atoms with Crippen LogP contribution in [0.15, 0.2) is 28.6 Å². The first-order chi connectivity index (χ1) is 12.0. The van der Waals surface area contributed by atoms with Gasteiger partial charge in [-0.3, -0.25) is 9.63 Å². The number of hydrogen-bond donors (Lipinski definition) is 4. The number of carbonyl (C=O) groups is 1. The predicted octanol–water partition coefficient (Wildman–Crippen LogP) is 0.708. The van der Waals surface area contributed by atoms with Crippen LogP contribution < -0.4 is 16.8 Å². The van der Waals surface area contributed by atoms with Crippen LogP contribution in [0, 0.1) is 0 Å². The molecule has 2 aliphatic rings. The molecule has 0 aliphatic carbocycles. The van der Waals surface area contributed by atoms with Crippen molar-refractivity contribution in [2.75, 3.05) is 25.7 Å². The number of nitrogens with zero attached hydrogens (tertiary/aromatic N) is 2. The number of nitrogens with two attached hydrogens (primary N) is 2. The fourth-order valence-electron chi connectivity index (χ4n) is 3.40. The number of hydroxylamine groups is 2. The summed E-state index contributed by atoms with van der Waals surface area (Å²) in [4.78, 5) is 25.4. The zero-order chi connectivity index (χ0) is 17.7. The summed E-state index contributed by atoms with van der Waals surface area (Å²) in [5.74, 6) is 0.173. The molecule has 0 fully saturated rings. The quantitative estimate of drug-likeness (QED) is 0.594. The molecular weight excluding hydrogens is 324 g/mol. The molecule has 0 saturated carbocycles. The second kappa shape index (κ2) is 5.42. The summed E-state index contributed by atoms with van der Waals surface area (Å²) in [7, 11) is 3.05. The van der Waals surface area contributed by atoms with Crippen LogP contribution in [0.4, 0.5) is 11.4 Å². The lowest BCUT2D eigenvalue weighted by Gasteiger charge is -2.31. The molecule has 9 heteroatoms. The minimum atomic E-state index is -0.518. The van der Waals surface area contributed by atoms with Gasteiger partial charge >= 0.3 is 0 Å². The van der Waals surface area contributed by atoms with Crippen molar-refractivity contribution in [1.29, 1.82) is 0 Å². The third-order valence-corrected chi connectivity index (χ3v) is 4.47. The standard InChI is InChI=1S/C16H18N6O3/c1-24-16-9-5-8-12-10(18)3-7(17)4-11(12)20-13(8)15(23)21-14(9)22(25-2)6-19-16/h3-4,6,14,20H,5,17-18H2,1-2H3,(H,21,23). The normalized spacial score (nSPS) is 19.5. The van der Waals surface area contributed by atoms with Crippen LogP contribution in [0.25, 0.3) is 10.9 Å². The van der Waals surface area contributed by atoms with Gasteiger partial charge in [-0.15, -0.1) is 0 Å². The summed E-state index contributed by atoms with van der Waals surface area (Å²) in [6.07, 6.45) is 1.38. The van der Waals surface area contributed by atoms with E-state index >= 15 is 0 Å². The van der Waals surface area contributed by atoms with Gasteiger partial charge < -0.3 is 26.5 Å². The molecule has 1 aromatic heterocycles. The Hall–Kier alpha value is -3.20. The number of amides is 1. The molecule has 1 aromatic carbocycles.